The molecule has 0 aromatic heterocycles. The average Bonchev–Trinajstić information content (AvgIpc) is 2.47. The molecule has 0 aliphatic carbocycles. The van der Waals surface area contributed by atoms with Crippen LogP contribution in [0, 0.1) is 5.82 Å². The molecule has 1 fully saturated rings. The van der Waals surface area contributed by atoms with E-state index in [4.69, 9.17) is 9.84 Å². The van der Waals surface area contributed by atoms with Crippen LogP contribution in [-0.2, 0) is 4.79 Å². The zero-order chi connectivity index (χ0) is 15.4. The van der Waals surface area contributed by atoms with E-state index >= 15 is 0 Å². The molecule has 0 spiro atoms. The van der Waals surface area contributed by atoms with Gasteiger partial charge in [-0.15, -0.1) is 0 Å². The lowest BCUT2D eigenvalue weighted by molar-refractivity contribution is -0.138. The third-order valence-electron chi connectivity index (χ3n) is 3.30. The molecule has 1 aliphatic heterocycles. The first-order chi connectivity index (χ1) is 10.0. The molecule has 1 amide bonds. The van der Waals surface area contributed by atoms with E-state index in [0.717, 1.165) is 5.75 Å². The fourth-order valence-electron chi connectivity index (χ4n) is 2.25. The Morgan fingerprint density at radius 2 is 2.29 bits per heavy atom. The minimum absolute atomic E-state index is 0.00187. The number of nitrogens with zero attached hydrogens (tertiary/aromatic N) is 1. The van der Waals surface area contributed by atoms with Gasteiger partial charge in [-0.3, -0.25) is 9.59 Å². The smallest absolute Gasteiger partial charge is 0.305 e. The van der Waals surface area contributed by atoms with Gasteiger partial charge in [0.1, 0.15) is 0 Å². The molecule has 1 aromatic rings. The molecule has 1 aromatic carbocycles. The third kappa shape index (κ3) is 3.66. The van der Waals surface area contributed by atoms with E-state index in [0.29, 0.717) is 17.9 Å². The van der Waals surface area contributed by atoms with Crippen LogP contribution in [0.3, 0.4) is 0 Å². The zero-order valence-electron chi connectivity index (χ0n) is 11.5. The molecule has 1 atom stereocenters. The van der Waals surface area contributed by atoms with Gasteiger partial charge in [-0.05, 0) is 18.2 Å². The molecule has 0 saturated carbocycles. The summed E-state index contributed by atoms with van der Waals surface area (Å²) in [4.78, 5) is 25.0. The minimum atomic E-state index is -0.933. The standard InChI is InChI=1S/C14H16FNO4S/c1-20-12-6-9(2-3-11(12)15)14(19)16-4-5-21-8-10(16)7-13(17)18/h2-3,6,10H,4-5,7-8H2,1H3,(H,17,18). The van der Waals surface area contributed by atoms with E-state index in [9.17, 15) is 14.0 Å². The second-order valence-electron chi connectivity index (χ2n) is 4.67. The number of halogens is 1. The van der Waals surface area contributed by atoms with Gasteiger partial charge in [0.2, 0.25) is 0 Å². The van der Waals surface area contributed by atoms with Gasteiger partial charge in [0.25, 0.3) is 5.91 Å². The molecule has 1 heterocycles. The number of rotatable bonds is 4. The summed E-state index contributed by atoms with van der Waals surface area (Å²) in [5, 5.41) is 8.94. The Balaban J connectivity index is 2.22. The quantitative estimate of drug-likeness (QED) is 0.919. The van der Waals surface area contributed by atoms with Gasteiger partial charge >= 0.3 is 5.97 Å². The van der Waals surface area contributed by atoms with Crippen LogP contribution < -0.4 is 4.74 Å². The van der Waals surface area contributed by atoms with Crippen LogP contribution >= 0.6 is 11.8 Å². The highest BCUT2D eigenvalue weighted by Gasteiger charge is 2.29. The molecule has 7 heteroatoms. The molecule has 1 saturated heterocycles. The summed E-state index contributed by atoms with van der Waals surface area (Å²) in [5.74, 6) is -0.402. The Morgan fingerprint density at radius 1 is 1.52 bits per heavy atom. The van der Waals surface area contributed by atoms with Gasteiger partial charge in [0.05, 0.1) is 19.6 Å². The number of carbonyl (C=O) groups excluding carboxylic acids is 1. The Morgan fingerprint density at radius 3 is 2.95 bits per heavy atom. The van der Waals surface area contributed by atoms with Crippen LogP contribution in [0.15, 0.2) is 18.2 Å². The van der Waals surface area contributed by atoms with Crippen molar-refractivity contribution >= 4 is 23.6 Å². The summed E-state index contributed by atoms with van der Waals surface area (Å²) < 4.78 is 18.3. The number of hydrogen-bond donors (Lipinski definition) is 1. The summed E-state index contributed by atoms with van der Waals surface area (Å²) in [7, 11) is 1.33. The van der Waals surface area contributed by atoms with Gasteiger partial charge in [0.15, 0.2) is 11.6 Å². The molecule has 5 nitrogen and oxygen atoms in total. The second kappa shape index (κ2) is 6.80. The van der Waals surface area contributed by atoms with E-state index in [1.54, 1.807) is 16.7 Å². The van der Waals surface area contributed by atoms with Gasteiger partial charge in [0, 0.05) is 23.6 Å². The molecule has 21 heavy (non-hydrogen) atoms. The zero-order valence-corrected chi connectivity index (χ0v) is 12.4. The Hall–Kier alpha value is -1.76. The number of hydrogen-bond acceptors (Lipinski definition) is 4. The number of benzene rings is 1. The summed E-state index contributed by atoms with van der Waals surface area (Å²) in [6, 6.07) is 3.57. The number of ether oxygens (including phenoxy) is 1. The summed E-state index contributed by atoms with van der Waals surface area (Å²) in [6.45, 7) is 0.487. The molecule has 1 aliphatic rings. The summed E-state index contributed by atoms with van der Waals surface area (Å²) >= 11 is 1.63. The van der Waals surface area contributed by atoms with Crippen LogP contribution in [-0.4, -0.2) is 53.1 Å². The number of aliphatic carboxylic acids is 1. The molecule has 114 valence electrons. The molecular formula is C14H16FNO4S. The normalized spacial score (nSPS) is 18.4. The van der Waals surface area contributed by atoms with Crippen LogP contribution in [0.2, 0.25) is 0 Å². The number of methoxy groups -OCH3 is 1. The molecular weight excluding hydrogens is 297 g/mol. The lowest BCUT2D eigenvalue weighted by Gasteiger charge is -2.34. The Bertz CT molecular complexity index is 552. The molecule has 0 bridgehead atoms. The highest BCUT2D eigenvalue weighted by Crippen LogP contribution is 2.24. The first-order valence-corrected chi connectivity index (χ1v) is 7.62. The van der Waals surface area contributed by atoms with Gasteiger partial charge in [-0.2, -0.15) is 11.8 Å². The monoisotopic (exact) mass is 313 g/mol. The lowest BCUT2D eigenvalue weighted by Crippen LogP contribution is -2.47. The molecule has 1 N–H and O–H groups in total. The van der Waals surface area contributed by atoms with Gasteiger partial charge < -0.3 is 14.7 Å². The predicted molar refractivity (Wildman–Crippen MR) is 77.4 cm³/mol. The third-order valence-corrected chi connectivity index (χ3v) is 4.39. The van der Waals surface area contributed by atoms with Crippen molar-refractivity contribution in [1.29, 1.82) is 0 Å². The van der Waals surface area contributed by atoms with E-state index in [-0.39, 0.29) is 24.1 Å². The van der Waals surface area contributed by atoms with Crippen LogP contribution in [0.25, 0.3) is 0 Å². The Kier molecular flexibility index (Phi) is 5.06. The number of carbonyl (C=O) groups is 2. The van der Waals surface area contributed by atoms with Crippen molar-refractivity contribution in [2.45, 2.75) is 12.5 Å². The summed E-state index contributed by atoms with van der Waals surface area (Å²) in [6.07, 6.45) is -0.0862. The number of amides is 1. The molecule has 0 radical (unpaired) electrons. The second-order valence-corrected chi connectivity index (χ2v) is 5.82. The van der Waals surface area contributed by atoms with Crippen LogP contribution in [0.4, 0.5) is 4.39 Å². The molecule has 2 rings (SSSR count). The van der Waals surface area contributed by atoms with Crippen LogP contribution in [0.1, 0.15) is 16.8 Å². The maximum absolute atomic E-state index is 13.4. The SMILES string of the molecule is COc1cc(C(=O)N2CCSCC2CC(=O)O)ccc1F. The maximum atomic E-state index is 13.4. The predicted octanol–water partition coefficient (Wildman–Crippen LogP) is 1.87. The van der Waals surface area contributed by atoms with Gasteiger partial charge in [-0.25, -0.2) is 4.39 Å². The van der Waals surface area contributed by atoms with Crippen molar-refractivity contribution in [1.82, 2.24) is 4.90 Å². The van der Waals surface area contributed by atoms with E-state index < -0.39 is 11.8 Å². The van der Waals surface area contributed by atoms with Crippen molar-refractivity contribution in [2.75, 3.05) is 25.2 Å². The number of thioether (sulfide) groups is 1. The van der Waals surface area contributed by atoms with E-state index in [1.807, 2.05) is 0 Å². The number of carboxylic acid groups (broad SMARTS) is 1. The van der Waals surface area contributed by atoms with Crippen molar-refractivity contribution in [3.05, 3.63) is 29.6 Å². The Labute approximate surface area is 126 Å². The average molecular weight is 313 g/mol. The van der Waals surface area contributed by atoms with Crippen molar-refractivity contribution in [3.63, 3.8) is 0 Å². The van der Waals surface area contributed by atoms with E-state index in [2.05, 4.69) is 0 Å². The first kappa shape index (κ1) is 15.6. The topological polar surface area (TPSA) is 66.8 Å². The van der Waals surface area contributed by atoms with Gasteiger partial charge in [-0.1, -0.05) is 0 Å². The largest absolute Gasteiger partial charge is 0.494 e. The fourth-order valence-corrected chi connectivity index (χ4v) is 3.31. The minimum Gasteiger partial charge on any atom is -0.494 e. The van der Waals surface area contributed by atoms with Crippen molar-refractivity contribution in [3.8, 4) is 5.75 Å². The van der Waals surface area contributed by atoms with Crippen LogP contribution in [0.5, 0.6) is 5.75 Å². The highest BCUT2D eigenvalue weighted by atomic mass is 32.2. The number of carboxylic acids is 1. The highest BCUT2D eigenvalue weighted by molar-refractivity contribution is 7.99. The first-order valence-electron chi connectivity index (χ1n) is 6.47. The maximum Gasteiger partial charge on any atom is 0.305 e. The van der Waals surface area contributed by atoms with E-state index in [1.165, 1.54) is 25.3 Å². The lowest BCUT2D eigenvalue weighted by atomic mass is 10.1. The summed E-state index contributed by atoms with van der Waals surface area (Å²) in [5.41, 5.74) is 0.301. The van der Waals surface area contributed by atoms with Crippen molar-refractivity contribution < 1.29 is 23.8 Å². The molecule has 1 unspecified atom stereocenters. The fraction of sp³-hybridized carbons (Fsp3) is 0.429. The van der Waals surface area contributed by atoms with Crippen molar-refractivity contribution in [2.24, 2.45) is 0 Å².